The maximum absolute atomic E-state index is 11.2. The Bertz CT molecular complexity index is 369. The van der Waals surface area contributed by atoms with Gasteiger partial charge >= 0.3 is 0 Å². The van der Waals surface area contributed by atoms with Crippen molar-refractivity contribution in [3.8, 4) is 5.75 Å². The van der Waals surface area contributed by atoms with Gasteiger partial charge in [-0.25, -0.2) is 0 Å². The highest BCUT2D eigenvalue weighted by Crippen LogP contribution is 2.28. The van der Waals surface area contributed by atoms with Gasteiger partial charge in [0, 0.05) is 17.5 Å². The van der Waals surface area contributed by atoms with Gasteiger partial charge in [0.1, 0.15) is 5.75 Å². The minimum Gasteiger partial charge on any atom is -0.508 e. The highest BCUT2D eigenvalue weighted by Gasteiger charge is 2.21. The molecule has 1 aromatic carbocycles. The predicted molar refractivity (Wildman–Crippen MR) is 46.7 cm³/mol. The number of phenols is 1. The molecule has 0 radical (unpaired) electrons. The number of aliphatic hydroxyl groups is 1. The number of aliphatic hydroxyl groups excluding tert-OH is 1. The number of Topliss-reactive ketones (excluding diaryl/α,β-unsaturated/α-hetero) is 1. The average molecular weight is 178 g/mol. The van der Waals surface area contributed by atoms with Crippen LogP contribution >= 0.6 is 0 Å². The third-order valence-corrected chi connectivity index (χ3v) is 2.40. The van der Waals surface area contributed by atoms with Crippen LogP contribution in [-0.4, -0.2) is 16.0 Å². The van der Waals surface area contributed by atoms with E-state index in [1.807, 2.05) is 0 Å². The Morgan fingerprint density at radius 2 is 2.08 bits per heavy atom. The molecule has 2 N–H and O–H groups in total. The van der Waals surface area contributed by atoms with Gasteiger partial charge in [0.05, 0.1) is 6.61 Å². The second kappa shape index (κ2) is 2.85. The van der Waals surface area contributed by atoms with E-state index in [-0.39, 0.29) is 18.1 Å². The van der Waals surface area contributed by atoms with Gasteiger partial charge in [-0.15, -0.1) is 0 Å². The van der Waals surface area contributed by atoms with E-state index in [1.54, 1.807) is 6.07 Å². The van der Waals surface area contributed by atoms with Crippen LogP contribution in [0.15, 0.2) is 12.1 Å². The number of aryl methyl sites for hydroxylation is 1. The van der Waals surface area contributed by atoms with Crippen molar-refractivity contribution in [2.24, 2.45) is 0 Å². The van der Waals surface area contributed by atoms with E-state index in [0.29, 0.717) is 17.5 Å². The molecule has 0 amide bonds. The Balaban J connectivity index is 2.56. The molecule has 0 heterocycles. The molecule has 0 aromatic heterocycles. The summed E-state index contributed by atoms with van der Waals surface area (Å²) in [6.45, 7) is -0.187. The smallest absolute Gasteiger partial charge is 0.163 e. The number of carbonyl (C=O) groups is 1. The number of aromatic hydroxyl groups is 1. The molecule has 0 atom stereocenters. The Hall–Kier alpha value is -1.35. The molecule has 0 saturated carbocycles. The SMILES string of the molecule is O=C1CCc2cc(CO)c(O)cc21. The van der Waals surface area contributed by atoms with Gasteiger partial charge in [0.15, 0.2) is 5.78 Å². The van der Waals surface area contributed by atoms with Gasteiger partial charge < -0.3 is 10.2 Å². The quantitative estimate of drug-likeness (QED) is 0.674. The fraction of sp³-hybridized carbons (Fsp3) is 0.300. The summed E-state index contributed by atoms with van der Waals surface area (Å²) >= 11 is 0. The Morgan fingerprint density at radius 1 is 1.31 bits per heavy atom. The van der Waals surface area contributed by atoms with Crippen LogP contribution in [0.3, 0.4) is 0 Å². The van der Waals surface area contributed by atoms with Crippen molar-refractivity contribution in [1.29, 1.82) is 0 Å². The number of hydrogen-bond acceptors (Lipinski definition) is 3. The first-order valence-electron chi connectivity index (χ1n) is 4.21. The highest BCUT2D eigenvalue weighted by molar-refractivity contribution is 6.00. The summed E-state index contributed by atoms with van der Waals surface area (Å²) in [5, 5.41) is 18.3. The second-order valence-electron chi connectivity index (χ2n) is 3.22. The first-order valence-corrected chi connectivity index (χ1v) is 4.21. The molecular formula is C10H10O3. The molecular weight excluding hydrogens is 168 g/mol. The van der Waals surface area contributed by atoms with Gasteiger partial charge in [-0.05, 0) is 24.1 Å². The second-order valence-corrected chi connectivity index (χ2v) is 3.22. The number of carbonyl (C=O) groups excluding carboxylic acids is 1. The van der Waals surface area contributed by atoms with Gasteiger partial charge in [0.2, 0.25) is 0 Å². The van der Waals surface area contributed by atoms with E-state index in [2.05, 4.69) is 0 Å². The predicted octanol–water partition coefficient (Wildman–Crippen LogP) is 1.01. The Kier molecular flexibility index (Phi) is 1.81. The van der Waals surface area contributed by atoms with E-state index in [0.717, 1.165) is 12.0 Å². The van der Waals surface area contributed by atoms with Crippen molar-refractivity contribution >= 4 is 5.78 Å². The molecule has 0 aliphatic heterocycles. The molecule has 0 fully saturated rings. The first kappa shape index (κ1) is 8.26. The van der Waals surface area contributed by atoms with E-state index < -0.39 is 0 Å². The zero-order valence-corrected chi connectivity index (χ0v) is 7.08. The fourth-order valence-electron chi connectivity index (χ4n) is 1.66. The summed E-state index contributed by atoms with van der Waals surface area (Å²) in [6, 6.07) is 3.16. The van der Waals surface area contributed by atoms with Crippen LogP contribution in [0, 0.1) is 0 Å². The summed E-state index contributed by atoms with van der Waals surface area (Å²) in [6.07, 6.45) is 1.24. The minimum absolute atomic E-state index is 0.0106. The number of benzene rings is 1. The van der Waals surface area contributed by atoms with Gasteiger partial charge in [-0.3, -0.25) is 4.79 Å². The van der Waals surface area contributed by atoms with E-state index in [4.69, 9.17) is 5.11 Å². The third-order valence-electron chi connectivity index (χ3n) is 2.40. The van der Waals surface area contributed by atoms with Gasteiger partial charge in [-0.2, -0.15) is 0 Å². The lowest BCUT2D eigenvalue weighted by Crippen LogP contribution is -1.93. The molecule has 1 aromatic rings. The molecule has 1 aliphatic carbocycles. The Labute approximate surface area is 75.6 Å². The molecule has 0 saturated heterocycles. The first-order chi connectivity index (χ1) is 6.22. The summed E-state index contributed by atoms with van der Waals surface area (Å²) < 4.78 is 0. The van der Waals surface area contributed by atoms with Crippen LogP contribution < -0.4 is 0 Å². The highest BCUT2D eigenvalue weighted by atomic mass is 16.3. The van der Waals surface area contributed by atoms with Crippen LogP contribution in [0.4, 0.5) is 0 Å². The van der Waals surface area contributed by atoms with E-state index >= 15 is 0 Å². The van der Waals surface area contributed by atoms with Crippen molar-refractivity contribution < 1.29 is 15.0 Å². The zero-order valence-electron chi connectivity index (χ0n) is 7.08. The number of rotatable bonds is 1. The summed E-state index contributed by atoms with van der Waals surface area (Å²) in [4.78, 5) is 11.2. The Morgan fingerprint density at radius 3 is 2.77 bits per heavy atom. The number of hydrogen-bond donors (Lipinski definition) is 2. The molecule has 1 aliphatic rings. The average Bonchev–Trinajstić information content (AvgIpc) is 2.47. The van der Waals surface area contributed by atoms with Crippen molar-refractivity contribution in [2.75, 3.05) is 0 Å². The lowest BCUT2D eigenvalue weighted by molar-refractivity contribution is 0.0994. The van der Waals surface area contributed by atoms with Crippen molar-refractivity contribution in [3.63, 3.8) is 0 Å². The number of fused-ring (bicyclic) bond motifs is 1. The summed E-state index contributed by atoms with van der Waals surface area (Å²) in [7, 11) is 0. The monoisotopic (exact) mass is 178 g/mol. The van der Waals surface area contributed by atoms with Gasteiger partial charge in [-0.1, -0.05) is 0 Å². The third kappa shape index (κ3) is 1.21. The normalized spacial score (nSPS) is 14.7. The van der Waals surface area contributed by atoms with Gasteiger partial charge in [0.25, 0.3) is 0 Å². The van der Waals surface area contributed by atoms with Crippen LogP contribution in [0.25, 0.3) is 0 Å². The lowest BCUT2D eigenvalue weighted by Gasteiger charge is -2.04. The molecule has 68 valence electrons. The van der Waals surface area contributed by atoms with Crippen LogP contribution in [0.1, 0.15) is 27.9 Å². The van der Waals surface area contributed by atoms with Crippen LogP contribution in [0.2, 0.25) is 0 Å². The molecule has 3 nitrogen and oxygen atoms in total. The maximum atomic E-state index is 11.2. The van der Waals surface area contributed by atoms with E-state index in [9.17, 15) is 9.90 Å². The summed E-state index contributed by atoms with van der Waals surface area (Å²) in [5.74, 6) is 0.0892. The fourth-order valence-corrected chi connectivity index (χ4v) is 1.66. The maximum Gasteiger partial charge on any atom is 0.163 e. The standard InChI is InChI=1S/C10H10O3/c11-5-7-3-6-1-2-9(12)8(6)4-10(7)13/h3-4,11,13H,1-2,5H2. The zero-order chi connectivity index (χ0) is 9.42. The molecule has 13 heavy (non-hydrogen) atoms. The molecule has 2 rings (SSSR count). The lowest BCUT2D eigenvalue weighted by atomic mass is 10.1. The van der Waals surface area contributed by atoms with Crippen LogP contribution in [-0.2, 0) is 13.0 Å². The van der Waals surface area contributed by atoms with Crippen molar-refractivity contribution in [1.82, 2.24) is 0 Å². The summed E-state index contributed by atoms with van der Waals surface area (Å²) in [5.41, 5.74) is 2.04. The molecule has 3 heteroatoms. The van der Waals surface area contributed by atoms with E-state index in [1.165, 1.54) is 6.07 Å². The van der Waals surface area contributed by atoms with Crippen molar-refractivity contribution in [3.05, 3.63) is 28.8 Å². The number of ketones is 1. The largest absolute Gasteiger partial charge is 0.508 e. The molecule has 0 spiro atoms. The topological polar surface area (TPSA) is 57.5 Å². The van der Waals surface area contributed by atoms with Crippen LogP contribution in [0.5, 0.6) is 5.75 Å². The molecule has 0 bridgehead atoms. The van der Waals surface area contributed by atoms with Crippen molar-refractivity contribution in [2.45, 2.75) is 19.4 Å². The molecule has 0 unspecified atom stereocenters. The minimum atomic E-state index is -0.187.